The van der Waals surface area contributed by atoms with Crippen molar-refractivity contribution in [3.05, 3.63) is 47.5 Å². The van der Waals surface area contributed by atoms with E-state index in [4.69, 9.17) is 0 Å². The van der Waals surface area contributed by atoms with Crippen molar-refractivity contribution >= 4 is 0 Å². The van der Waals surface area contributed by atoms with Crippen molar-refractivity contribution in [2.45, 2.75) is 32.9 Å². The summed E-state index contributed by atoms with van der Waals surface area (Å²) in [5.74, 6) is 0. The van der Waals surface area contributed by atoms with E-state index < -0.39 is 6.10 Å². The molecule has 90 valence electrons. The summed E-state index contributed by atoms with van der Waals surface area (Å²) in [6.45, 7) is 4.95. The van der Waals surface area contributed by atoms with Crippen LogP contribution < -0.4 is 0 Å². The lowest BCUT2D eigenvalue weighted by Crippen LogP contribution is -2.02. The molecule has 1 atom stereocenters. The van der Waals surface area contributed by atoms with Gasteiger partial charge in [-0.3, -0.25) is 9.67 Å². The van der Waals surface area contributed by atoms with Crippen LogP contribution in [0.3, 0.4) is 0 Å². The van der Waals surface area contributed by atoms with E-state index in [-0.39, 0.29) is 0 Å². The van der Waals surface area contributed by atoms with E-state index in [9.17, 15) is 5.11 Å². The average Bonchev–Trinajstić information content (AvgIpc) is 2.77. The Labute approximate surface area is 101 Å². The van der Waals surface area contributed by atoms with Crippen molar-refractivity contribution in [3.8, 4) is 0 Å². The van der Waals surface area contributed by atoms with Crippen LogP contribution in [-0.2, 0) is 6.54 Å². The maximum Gasteiger partial charge on any atom is 0.124 e. The topological polar surface area (TPSA) is 50.9 Å². The smallest absolute Gasteiger partial charge is 0.124 e. The fourth-order valence-corrected chi connectivity index (χ4v) is 1.75. The molecule has 2 rings (SSSR count). The minimum Gasteiger partial charge on any atom is -0.382 e. The van der Waals surface area contributed by atoms with Crippen LogP contribution in [0.4, 0.5) is 0 Å². The zero-order chi connectivity index (χ0) is 12.3. The van der Waals surface area contributed by atoms with Crippen LogP contribution in [0.1, 0.15) is 36.3 Å². The van der Waals surface area contributed by atoms with Crippen molar-refractivity contribution in [2.75, 3.05) is 0 Å². The number of aromatic nitrogens is 3. The highest BCUT2D eigenvalue weighted by Crippen LogP contribution is 2.20. The fraction of sp³-hybridized carbons (Fsp3) is 0.385. The molecule has 2 aromatic heterocycles. The van der Waals surface area contributed by atoms with Crippen molar-refractivity contribution in [1.29, 1.82) is 0 Å². The lowest BCUT2D eigenvalue weighted by Gasteiger charge is -2.08. The van der Waals surface area contributed by atoms with E-state index in [2.05, 4.69) is 17.0 Å². The Bertz CT molecular complexity index is 493. The van der Waals surface area contributed by atoms with Gasteiger partial charge < -0.3 is 5.11 Å². The van der Waals surface area contributed by atoms with E-state index in [1.54, 1.807) is 12.4 Å². The summed E-state index contributed by atoms with van der Waals surface area (Å²) >= 11 is 0. The molecular formula is C13H17N3O. The van der Waals surface area contributed by atoms with Gasteiger partial charge in [-0.25, -0.2) is 0 Å². The van der Waals surface area contributed by atoms with Crippen LogP contribution in [-0.4, -0.2) is 19.9 Å². The van der Waals surface area contributed by atoms with E-state index in [0.29, 0.717) is 5.69 Å². The summed E-state index contributed by atoms with van der Waals surface area (Å²) in [4.78, 5) is 4.18. The summed E-state index contributed by atoms with van der Waals surface area (Å²) in [7, 11) is 0. The van der Waals surface area contributed by atoms with E-state index in [1.807, 2.05) is 29.9 Å². The quantitative estimate of drug-likeness (QED) is 0.876. The van der Waals surface area contributed by atoms with Gasteiger partial charge in [0.15, 0.2) is 0 Å². The van der Waals surface area contributed by atoms with Crippen LogP contribution in [0.2, 0.25) is 0 Å². The molecule has 0 amide bonds. The molecule has 0 aliphatic heterocycles. The van der Waals surface area contributed by atoms with Gasteiger partial charge in [-0.2, -0.15) is 5.10 Å². The van der Waals surface area contributed by atoms with Gasteiger partial charge in [0.05, 0.1) is 11.9 Å². The Hall–Kier alpha value is -1.68. The molecule has 1 unspecified atom stereocenters. The molecular weight excluding hydrogens is 214 g/mol. The van der Waals surface area contributed by atoms with E-state index in [0.717, 1.165) is 24.1 Å². The maximum absolute atomic E-state index is 10.2. The minimum atomic E-state index is -0.694. The summed E-state index contributed by atoms with van der Waals surface area (Å²) in [6.07, 6.45) is 5.62. The largest absolute Gasteiger partial charge is 0.382 e. The van der Waals surface area contributed by atoms with Crippen LogP contribution in [0.15, 0.2) is 30.7 Å². The monoisotopic (exact) mass is 231 g/mol. The molecule has 0 aromatic carbocycles. The number of hydrogen-bond acceptors (Lipinski definition) is 3. The Morgan fingerprint density at radius 1 is 1.47 bits per heavy atom. The summed E-state index contributed by atoms with van der Waals surface area (Å²) in [6, 6.07) is 3.80. The predicted molar refractivity (Wildman–Crippen MR) is 65.6 cm³/mol. The molecule has 0 bridgehead atoms. The second-order valence-corrected chi connectivity index (χ2v) is 4.20. The summed E-state index contributed by atoms with van der Waals surface area (Å²) in [5, 5.41) is 14.4. The molecule has 0 aliphatic rings. The second kappa shape index (κ2) is 5.10. The van der Waals surface area contributed by atoms with Gasteiger partial charge in [-0.1, -0.05) is 6.92 Å². The molecule has 0 saturated heterocycles. The molecule has 17 heavy (non-hydrogen) atoms. The molecule has 0 radical (unpaired) electrons. The van der Waals surface area contributed by atoms with Crippen LogP contribution in [0.5, 0.6) is 0 Å². The number of rotatable bonds is 4. The first-order chi connectivity index (χ1) is 8.20. The summed E-state index contributed by atoms with van der Waals surface area (Å²) < 4.78 is 1.84. The van der Waals surface area contributed by atoms with Crippen LogP contribution in [0, 0.1) is 6.92 Å². The molecule has 4 heteroatoms. The number of hydrogen-bond donors (Lipinski definition) is 1. The van der Waals surface area contributed by atoms with Gasteiger partial charge in [0.25, 0.3) is 0 Å². The molecule has 4 nitrogen and oxygen atoms in total. The standard InChI is InChI=1S/C13H17N3O/c1-3-6-16-9-11(8-15-16)13(17)12-7-10(2)4-5-14-12/h4-5,7-9,13,17H,3,6H2,1-2H3. The Morgan fingerprint density at radius 3 is 3.00 bits per heavy atom. The predicted octanol–water partition coefficient (Wildman–Crippen LogP) is 2.08. The van der Waals surface area contributed by atoms with Crippen molar-refractivity contribution in [2.24, 2.45) is 0 Å². The van der Waals surface area contributed by atoms with Gasteiger partial charge in [-0.05, 0) is 31.0 Å². The summed E-state index contributed by atoms with van der Waals surface area (Å²) in [5.41, 5.74) is 2.55. The highest BCUT2D eigenvalue weighted by molar-refractivity contribution is 5.24. The molecule has 2 aromatic rings. The Balaban J connectivity index is 2.21. The van der Waals surface area contributed by atoms with Crippen molar-refractivity contribution in [3.63, 3.8) is 0 Å². The van der Waals surface area contributed by atoms with Crippen LogP contribution in [0.25, 0.3) is 0 Å². The van der Waals surface area contributed by atoms with Gasteiger partial charge in [0.2, 0.25) is 0 Å². The first kappa shape index (κ1) is 11.8. The zero-order valence-corrected chi connectivity index (χ0v) is 10.2. The molecule has 2 heterocycles. The number of aryl methyl sites for hydroxylation is 2. The lowest BCUT2D eigenvalue weighted by atomic mass is 10.1. The SMILES string of the molecule is CCCn1cc(C(O)c2cc(C)ccn2)cn1. The molecule has 1 N–H and O–H groups in total. The van der Waals surface area contributed by atoms with Crippen LogP contribution >= 0.6 is 0 Å². The van der Waals surface area contributed by atoms with Gasteiger partial charge >= 0.3 is 0 Å². The Morgan fingerprint density at radius 2 is 2.29 bits per heavy atom. The number of aliphatic hydroxyl groups excluding tert-OH is 1. The maximum atomic E-state index is 10.2. The van der Waals surface area contributed by atoms with E-state index in [1.165, 1.54) is 0 Å². The highest BCUT2D eigenvalue weighted by Gasteiger charge is 2.13. The van der Waals surface area contributed by atoms with Gasteiger partial charge in [0, 0.05) is 24.5 Å². The third-order valence-electron chi connectivity index (χ3n) is 2.64. The zero-order valence-electron chi connectivity index (χ0n) is 10.2. The molecule has 0 fully saturated rings. The molecule has 0 spiro atoms. The number of pyridine rings is 1. The van der Waals surface area contributed by atoms with E-state index >= 15 is 0 Å². The fourth-order valence-electron chi connectivity index (χ4n) is 1.75. The number of nitrogens with zero attached hydrogens (tertiary/aromatic N) is 3. The minimum absolute atomic E-state index is 0.668. The lowest BCUT2D eigenvalue weighted by molar-refractivity contribution is 0.215. The highest BCUT2D eigenvalue weighted by atomic mass is 16.3. The third kappa shape index (κ3) is 2.71. The number of aliphatic hydroxyl groups is 1. The average molecular weight is 231 g/mol. The first-order valence-electron chi connectivity index (χ1n) is 5.83. The Kier molecular flexibility index (Phi) is 3.54. The van der Waals surface area contributed by atoms with Gasteiger partial charge in [0.1, 0.15) is 6.10 Å². The normalized spacial score (nSPS) is 12.6. The van der Waals surface area contributed by atoms with Gasteiger partial charge in [-0.15, -0.1) is 0 Å². The molecule has 0 aliphatic carbocycles. The third-order valence-corrected chi connectivity index (χ3v) is 2.64. The van der Waals surface area contributed by atoms with Crippen molar-refractivity contribution < 1.29 is 5.11 Å². The molecule has 0 saturated carbocycles. The second-order valence-electron chi connectivity index (χ2n) is 4.20. The first-order valence-corrected chi connectivity index (χ1v) is 5.83. The van der Waals surface area contributed by atoms with Crippen molar-refractivity contribution in [1.82, 2.24) is 14.8 Å².